The molecule has 0 amide bonds. The SMILES string of the molecule is CC1CN(S(C)(=O)=O)CCN1.Cl. The zero-order valence-corrected chi connectivity index (χ0v) is 8.91. The fraction of sp³-hybridized carbons (Fsp3) is 1.00. The fourth-order valence-electron chi connectivity index (χ4n) is 1.20. The first-order chi connectivity index (χ1) is 5.00. The highest BCUT2D eigenvalue weighted by atomic mass is 35.5. The fourth-order valence-corrected chi connectivity index (χ4v) is 2.12. The Hall–Kier alpha value is 0.160. The summed E-state index contributed by atoms with van der Waals surface area (Å²) in [6, 6.07) is 0.276. The Labute approximate surface area is 79.8 Å². The number of piperazine rings is 1. The lowest BCUT2D eigenvalue weighted by atomic mass is 10.3. The summed E-state index contributed by atoms with van der Waals surface area (Å²) in [5.74, 6) is 0. The smallest absolute Gasteiger partial charge is 0.211 e. The van der Waals surface area contributed by atoms with Crippen LogP contribution >= 0.6 is 12.4 Å². The first kappa shape index (κ1) is 12.2. The molecule has 1 aliphatic rings. The van der Waals surface area contributed by atoms with Crippen LogP contribution in [0, 0.1) is 0 Å². The maximum atomic E-state index is 11.0. The first-order valence-corrected chi connectivity index (χ1v) is 5.53. The van der Waals surface area contributed by atoms with E-state index >= 15 is 0 Å². The number of nitrogens with zero attached hydrogens (tertiary/aromatic N) is 1. The molecule has 0 bridgehead atoms. The Balaban J connectivity index is 0.00000121. The van der Waals surface area contributed by atoms with Crippen molar-refractivity contribution < 1.29 is 8.42 Å². The molecule has 0 aromatic heterocycles. The second-order valence-electron chi connectivity index (χ2n) is 2.98. The molecule has 1 atom stereocenters. The van der Waals surface area contributed by atoms with Crippen LogP contribution in [0.4, 0.5) is 0 Å². The molecule has 12 heavy (non-hydrogen) atoms. The number of hydrogen-bond donors (Lipinski definition) is 1. The van der Waals surface area contributed by atoms with E-state index in [0.29, 0.717) is 13.1 Å². The molecule has 6 heteroatoms. The summed E-state index contributed by atoms with van der Waals surface area (Å²) in [7, 11) is -2.97. The second-order valence-corrected chi connectivity index (χ2v) is 4.96. The number of hydrogen-bond acceptors (Lipinski definition) is 3. The average Bonchev–Trinajstić information content (AvgIpc) is 1.86. The summed E-state index contributed by atoms with van der Waals surface area (Å²) >= 11 is 0. The Bertz CT molecular complexity index is 230. The van der Waals surface area contributed by atoms with Crippen molar-refractivity contribution in [1.29, 1.82) is 0 Å². The van der Waals surface area contributed by atoms with Crippen LogP contribution in [0.15, 0.2) is 0 Å². The summed E-state index contributed by atoms with van der Waals surface area (Å²) < 4.78 is 23.6. The van der Waals surface area contributed by atoms with Crippen molar-refractivity contribution in [3.05, 3.63) is 0 Å². The van der Waals surface area contributed by atoms with Crippen molar-refractivity contribution in [2.75, 3.05) is 25.9 Å². The van der Waals surface area contributed by atoms with Crippen molar-refractivity contribution in [3.63, 3.8) is 0 Å². The van der Waals surface area contributed by atoms with Gasteiger partial charge in [-0.15, -0.1) is 12.4 Å². The molecular formula is C6H15ClN2O2S. The third-order valence-electron chi connectivity index (χ3n) is 1.80. The van der Waals surface area contributed by atoms with Gasteiger partial charge in [0.05, 0.1) is 6.26 Å². The quantitative estimate of drug-likeness (QED) is 0.650. The predicted octanol–water partition coefficient (Wildman–Crippen LogP) is -0.338. The summed E-state index contributed by atoms with van der Waals surface area (Å²) in [5.41, 5.74) is 0. The Kier molecular flexibility index (Phi) is 4.47. The van der Waals surface area contributed by atoms with Crippen LogP contribution in [0.5, 0.6) is 0 Å². The molecule has 0 aromatic carbocycles. The lowest BCUT2D eigenvalue weighted by Crippen LogP contribution is -2.50. The van der Waals surface area contributed by atoms with Crippen LogP contribution in [0.3, 0.4) is 0 Å². The summed E-state index contributed by atoms with van der Waals surface area (Å²) in [5, 5.41) is 3.18. The Morgan fingerprint density at radius 2 is 2.08 bits per heavy atom. The standard InChI is InChI=1S/C6H14N2O2S.ClH/c1-6-5-8(4-3-7-6)11(2,9)10;/h6-7H,3-5H2,1-2H3;1H. The van der Waals surface area contributed by atoms with Gasteiger partial charge in [-0.05, 0) is 6.92 Å². The van der Waals surface area contributed by atoms with Gasteiger partial charge in [0.15, 0.2) is 0 Å². The van der Waals surface area contributed by atoms with Crippen LogP contribution in [0.2, 0.25) is 0 Å². The van der Waals surface area contributed by atoms with Gasteiger partial charge in [0, 0.05) is 25.7 Å². The van der Waals surface area contributed by atoms with E-state index in [4.69, 9.17) is 0 Å². The van der Waals surface area contributed by atoms with Crippen molar-refractivity contribution in [1.82, 2.24) is 9.62 Å². The highest BCUT2D eigenvalue weighted by Crippen LogP contribution is 2.02. The van der Waals surface area contributed by atoms with E-state index in [1.165, 1.54) is 10.6 Å². The van der Waals surface area contributed by atoms with Gasteiger partial charge in [0.1, 0.15) is 0 Å². The summed E-state index contributed by atoms with van der Waals surface area (Å²) in [6.07, 6.45) is 1.26. The normalized spacial score (nSPS) is 26.3. The monoisotopic (exact) mass is 214 g/mol. The highest BCUT2D eigenvalue weighted by molar-refractivity contribution is 7.88. The van der Waals surface area contributed by atoms with Crippen molar-refractivity contribution in [3.8, 4) is 0 Å². The summed E-state index contributed by atoms with van der Waals surface area (Å²) in [4.78, 5) is 0. The minimum Gasteiger partial charge on any atom is -0.312 e. The van der Waals surface area contributed by atoms with Crippen LogP contribution in [-0.4, -0.2) is 44.7 Å². The van der Waals surface area contributed by atoms with E-state index in [-0.39, 0.29) is 18.4 Å². The maximum Gasteiger partial charge on any atom is 0.211 e. The number of sulfonamides is 1. The van der Waals surface area contributed by atoms with Gasteiger partial charge < -0.3 is 5.32 Å². The highest BCUT2D eigenvalue weighted by Gasteiger charge is 2.22. The Morgan fingerprint density at radius 1 is 1.50 bits per heavy atom. The van der Waals surface area contributed by atoms with E-state index in [2.05, 4.69) is 5.32 Å². The molecule has 1 saturated heterocycles. The van der Waals surface area contributed by atoms with Crippen LogP contribution in [0.25, 0.3) is 0 Å². The molecule has 4 nitrogen and oxygen atoms in total. The molecule has 1 fully saturated rings. The lowest BCUT2D eigenvalue weighted by molar-refractivity contribution is 0.312. The summed E-state index contributed by atoms with van der Waals surface area (Å²) in [6.45, 7) is 3.94. The van der Waals surface area contributed by atoms with Crippen molar-refractivity contribution >= 4 is 22.4 Å². The minimum absolute atomic E-state index is 0. The van der Waals surface area contributed by atoms with E-state index in [9.17, 15) is 8.42 Å². The number of rotatable bonds is 1. The number of nitrogens with one attached hydrogen (secondary N) is 1. The average molecular weight is 215 g/mol. The number of halogens is 1. The van der Waals surface area contributed by atoms with Gasteiger partial charge >= 0.3 is 0 Å². The van der Waals surface area contributed by atoms with Gasteiger partial charge in [-0.3, -0.25) is 0 Å². The maximum absolute atomic E-state index is 11.0. The van der Waals surface area contributed by atoms with Gasteiger partial charge in [-0.1, -0.05) is 0 Å². The van der Waals surface area contributed by atoms with Crippen LogP contribution in [-0.2, 0) is 10.0 Å². The van der Waals surface area contributed by atoms with Gasteiger partial charge in [-0.25, -0.2) is 8.42 Å². The molecule has 1 unspecified atom stereocenters. The molecule has 0 aromatic rings. The molecule has 0 spiro atoms. The zero-order valence-electron chi connectivity index (χ0n) is 7.28. The third-order valence-corrected chi connectivity index (χ3v) is 3.07. The topological polar surface area (TPSA) is 49.4 Å². The lowest BCUT2D eigenvalue weighted by Gasteiger charge is -2.29. The first-order valence-electron chi connectivity index (χ1n) is 3.68. The third kappa shape index (κ3) is 3.26. The molecule has 1 rings (SSSR count). The Morgan fingerprint density at radius 3 is 2.42 bits per heavy atom. The molecule has 0 radical (unpaired) electrons. The second kappa shape index (κ2) is 4.41. The van der Waals surface area contributed by atoms with Gasteiger partial charge in [0.25, 0.3) is 0 Å². The largest absolute Gasteiger partial charge is 0.312 e. The zero-order chi connectivity index (χ0) is 8.48. The minimum atomic E-state index is -2.97. The molecule has 0 saturated carbocycles. The molecular weight excluding hydrogens is 200 g/mol. The van der Waals surface area contributed by atoms with Gasteiger partial charge in [-0.2, -0.15) is 4.31 Å². The molecule has 0 aliphatic carbocycles. The molecule has 1 N–H and O–H groups in total. The molecule has 74 valence electrons. The van der Waals surface area contributed by atoms with E-state index in [1.807, 2.05) is 6.92 Å². The van der Waals surface area contributed by atoms with E-state index in [0.717, 1.165) is 6.54 Å². The van der Waals surface area contributed by atoms with Gasteiger partial charge in [0.2, 0.25) is 10.0 Å². The van der Waals surface area contributed by atoms with Crippen LogP contribution in [0.1, 0.15) is 6.92 Å². The predicted molar refractivity (Wildman–Crippen MR) is 51.1 cm³/mol. The van der Waals surface area contributed by atoms with Crippen LogP contribution < -0.4 is 5.32 Å². The molecule has 1 heterocycles. The van der Waals surface area contributed by atoms with Crippen molar-refractivity contribution in [2.45, 2.75) is 13.0 Å². The van der Waals surface area contributed by atoms with E-state index in [1.54, 1.807) is 0 Å². The molecule has 1 aliphatic heterocycles. The van der Waals surface area contributed by atoms with Crippen molar-refractivity contribution in [2.24, 2.45) is 0 Å². The van der Waals surface area contributed by atoms with E-state index < -0.39 is 10.0 Å².